The van der Waals surface area contributed by atoms with E-state index in [4.69, 9.17) is 0 Å². The molecule has 1 amide bonds. The van der Waals surface area contributed by atoms with Crippen LogP contribution in [0.25, 0.3) is 10.6 Å². The predicted molar refractivity (Wildman–Crippen MR) is 112 cm³/mol. The molecule has 2 N–H and O–H groups in total. The number of sulfonamides is 1. The van der Waals surface area contributed by atoms with Crippen LogP contribution in [0.2, 0.25) is 0 Å². The lowest BCUT2D eigenvalue weighted by Gasteiger charge is -2.10. The van der Waals surface area contributed by atoms with Crippen molar-refractivity contribution in [1.82, 2.24) is 9.71 Å². The van der Waals surface area contributed by atoms with Crippen LogP contribution in [0, 0.1) is 13.8 Å². The first kappa shape index (κ1) is 20.2. The zero-order valence-electron chi connectivity index (χ0n) is 15.6. The Morgan fingerprint density at radius 1 is 1.11 bits per heavy atom. The van der Waals surface area contributed by atoms with Crippen LogP contribution in [0.5, 0.6) is 0 Å². The molecule has 3 rings (SSSR count). The number of carbonyl (C=O) groups excluding carboxylic acids is 1. The minimum Gasteiger partial charge on any atom is -0.326 e. The van der Waals surface area contributed by atoms with Crippen molar-refractivity contribution in [2.75, 3.05) is 11.9 Å². The number of hydrogen-bond donors (Lipinski definition) is 2. The van der Waals surface area contributed by atoms with Crippen molar-refractivity contribution in [3.8, 4) is 10.6 Å². The fourth-order valence-electron chi connectivity index (χ4n) is 2.76. The van der Waals surface area contributed by atoms with Gasteiger partial charge in [-0.3, -0.25) is 4.79 Å². The van der Waals surface area contributed by atoms with E-state index in [1.165, 1.54) is 0 Å². The Morgan fingerprint density at radius 2 is 1.86 bits per heavy atom. The Balaban J connectivity index is 1.53. The van der Waals surface area contributed by atoms with Crippen molar-refractivity contribution in [3.63, 3.8) is 0 Å². The molecule has 8 heteroatoms. The highest BCUT2D eigenvalue weighted by Crippen LogP contribution is 2.23. The van der Waals surface area contributed by atoms with Gasteiger partial charge in [-0.1, -0.05) is 17.7 Å². The van der Waals surface area contributed by atoms with E-state index in [2.05, 4.69) is 15.0 Å². The number of nitrogens with one attached hydrogen (secondary N) is 2. The van der Waals surface area contributed by atoms with Gasteiger partial charge in [-0.2, -0.15) is 0 Å². The number of hydrogen-bond acceptors (Lipinski definition) is 5. The summed E-state index contributed by atoms with van der Waals surface area (Å²) in [6, 6.07) is 12.5. The molecule has 28 heavy (non-hydrogen) atoms. The van der Waals surface area contributed by atoms with Crippen molar-refractivity contribution in [2.24, 2.45) is 0 Å². The standard InChI is InChI=1S/C20H21N3O3S2/c1-14-3-8-18(15(2)13-14)28(25,26)22-10-9-19(24)23-17-6-4-16(5-7-17)20-21-11-12-27-20/h3-8,11-13,22H,9-10H2,1-2H3,(H,23,24). The fourth-order valence-corrected chi connectivity index (χ4v) is 4.66. The summed E-state index contributed by atoms with van der Waals surface area (Å²) >= 11 is 1.55. The monoisotopic (exact) mass is 415 g/mol. The van der Waals surface area contributed by atoms with E-state index in [1.807, 2.05) is 30.5 Å². The molecule has 3 aromatic rings. The minimum absolute atomic E-state index is 0.0265. The molecule has 6 nitrogen and oxygen atoms in total. The van der Waals surface area contributed by atoms with Crippen LogP contribution < -0.4 is 10.0 Å². The molecule has 0 bridgehead atoms. The Morgan fingerprint density at radius 3 is 2.50 bits per heavy atom. The number of aryl methyl sites for hydroxylation is 2. The van der Waals surface area contributed by atoms with Crippen LogP contribution in [0.15, 0.2) is 58.9 Å². The number of anilines is 1. The van der Waals surface area contributed by atoms with Gasteiger partial charge in [-0.25, -0.2) is 18.1 Å². The van der Waals surface area contributed by atoms with Crippen LogP contribution in [0.1, 0.15) is 17.5 Å². The third-order valence-corrected chi connectivity index (χ3v) is 6.56. The molecule has 146 valence electrons. The molecule has 0 atom stereocenters. The molecule has 0 aliphatic carbocycles. The highest BCUT2D eigenvalue weighted by Gasteiger charge is 2.16. The molecular weight excluding hydrogens is 394 g/mol. The number of thiazole rings is 1. The first-order valence-electron chi connectivity index (χ1n) is 8.72. The van der Waals surface area contributed by atoms with Crippen molar-refractivity contribution in [3.05, 3.63) is 65.2 Å². The van der Waals surface area contributed by atoms with Gasteiger partial charge < -0.3 is 5.32 Å². The van der Waals surface area contributed by atoms with Crippen LogP contribution in [0.4, 0.5) is 5.69 Å². The van der Waals surface area contributed by atoms with Gasteiger partial charge in [0.05, 0.1) is 4.90 Å². The SMILES string of the molecule is Cc1ccc(S(=O)(=O)NCCC(=O)Nc2ccc(-c3nccs3)cc2)c(C)c1. The molecule has 0 unspecified atom stereocenters. The van der Waals surface area contributed by atoms with Gasteiger partial charge >= 0.3 is 0 Å². The molecule has 0 fully saturated rings. The molecule has 0 spiro atoms. The predicted octanol–water partition coefficient (Wildman–Crippen LogP) is 3.73. The van der Waals surface area contributed by atoms with Crippen LogP contribution >= 0.6 is 11.3 Å². The summed E-state index contributed by atoms with van der Waals surface area (Å²) in [5.41, 5.74) is 3.31. The minimum atomic E-state index is -3.64. The summed E-state index contributed by atoms with van der Waals surface area (Å²) in [6.07, 6.45) is 1.78. The maximum atomic E-state index is 12.4. The van der Waals surface area contributed by atoms with E-state index in [0.29, 0.717) is 11.3 Å². The lowest BCUT2D eigenvalue weighted by Crippen LogP contribution is -2.28. The normalized spacial score (nSPS) is 11.4. The maximum absolute atomic E-state index is 12.4. The molecule has 0 aliphatic rings. The average molecular weight is 416 g/mol. The lowest BCUT2D eigenvalue weighted by molar-refractivity contribution is -0.116. The molecule has 0 saturated heterocycles. The van der Waals surface area contributed by atoms with Crippen LogP contribution in [-0.4, -0.2) is 25.9 Å². The van der Waals surface area contributed by atoms with E-state index in [1.54, 1.807) is 48.7 Å². The first-order chi connectivity index (χ1) is 13.3. The van der Waals surface area contributed by atoms with Gasteiger partial charge in [0.2, 0.25) is 15.9 Å². The van der Waals surface area contributed by atoms with Gasteiger partial charge in [-0.15, -0.1) is 11.3 Å². The van der Waals surface area contributed by atoms with Gasteiger partial charge in [0.15, 0.2) is 0 Å². The molecule has 0 radical (unpaired) electrons. The quantitative estimate of drug-likeness (QED) is 0.615. The Bertz CT molecular complexity index is 1060. The number of benzene rings is 2. The van der Waals surface area contributed by atoms with Crippen molar-refractivity contribution < 1.29 is 13.2 Å². The second-order valence-electron chi connectivity index (χ2n) is 6.38. The first-order valence-corrected chi connectivity index (χ1v) is 11.1. The van der Waals surface area contributed by atoms with Crippen molar-refractivity contribution in [2.45, 2.75) is 25.2 Å². The van der Waals surface area contributed by atoms with Crippen molar-refractivity contribution >= 4 is 33.0 Å². The van der Waals surface area contributed by atoms with Crippen molar-refractivity contribution in [1.29, 1.82) is 0 Å². The largest absolute Gasteiger partial charge is 0.326 e. The summed E-state index contributed by atoms with van der Waals surface area (Å²) in [7, 11) is -3.64. The summed E-state index contributed by atoms with van der Waals surface area (Å²) in [5, 5.41) is 5.59. The number of carbonyl (C=O) groups is 1. The van der Waals surface area contributed by atoms with Crippen LogP contribution in [-0.2, 0) is 14.8 Å². The van der Waals surface area contributed by atoms with E-state index in [0.717, 1.165) is 16.1 Å². The summed E-state index contributed by atoms with van der Waals surface area (Å²) in [5.74, 6) is -0.259. The van der Waals surface area contributed by atoms with E-state index in [9.17, 15) is 13.2 Å². The summed E-state index contributed by atoms with van der Waals surface area (Å²) in [6.45, 7) is 3.69. The average Bonchev–Trinajstić information content (AvgIpc) is 3.16. The topological polar surface area (TPSA) is 88.2 Å². The summed E-state index contributed by atoms with van der Waals surface area (Å²) < 4.78 is 27.3. The fraction of sp³-hybridized carbons (Fsp3) is 0.200. The number of aromatic nitrogens is 1. The molecule has 0 saturated carbocycles. The highest BCUT2D eigenvalue weighted by molar-refractivity contribution is 7.89. The van der Waals surface area contributed by atoms with Crippen LogP contribution in [0.3, 0.4) is 0 Å². The Hall–Kier alpha value is -2.55. The molecule has 1 aromatic heterocycles. The second-order valence-corrected chi connectivity index (χ2v) is 9.01. The zero-order chi connectivity index (χ0) is 20.1. The highest BCUT2D eigenvalue weighted by atomic mass is 32.2. The molecule has 1 heterocycles. The lowest BCUT2D eigenvalue weighted by atomic mass is 10.2. The Kier molecular flexibility index (Phi) is 6.23. The maximum Gasteiger partial charge on any atom is 0.240 e. The Labute approximate surface area is 168 Å². The van der Waals surface area contributed by atoms with Gasteiger partial charge in [0.1, 0.15) is 5.01 Å². The van der Waals surface area contributed by atoms with Gasteiger partial charge in [0, 0.05) is 35.8 Å². The summed E-state index contributed by atoms with van der Waals surface area (Å²) in [4.78, 5) is 16.6. The zero-order valence-corrected chi connectivity index (χ0v) is 17.2. The van der Waals surface area contributed by atoms with E-state index < -0.39 is 10.0 Å². The van der Waals surface area contributed by atoms with Gasteiger partial charge in [-0.05, 0) is 49.7 Å². The van der Waals surface area contributed by atoms with E-state index in [-0.39, 0.29) is 23.8 Å². The smallest absolute Gasteiger partial charge is 0.240 e. The molecular formula is C20H21N3O3S2. The molecule has 2 aromatic carbocycles. The number of amides is 1. The van der Waals surface area contributed by atoms with E-state index >= 15 is 0 Å². The third-order valence-electron chi connectivity index (χ3n) is 4.11. The third kappa shape index (κ3) is 5.03. The number of rotatable bonds is 7. The second kappa shape index (κ2) is 8.64. The molecule has 0 aliphatic heterocycles. The van der Waals surface area contributed by atoms with Gasteiger partial charge in [0.25, 0.3) is 0 Å². The number of nitrogens with zero attached hydrogens (tertiary/aromatic N) is 1.